The second kappa shape index (κ2) is 8.34. The number of carbonyl (C=O) groups is 1. The zero-order chi connectivity index (χ0) is 24.9. The van der Waals surface area contributed by atoms with Gasteiger partial charge in [-0.3, -0.25) is 4.79 Å². The predicted octanol–water partition coefficient (Wildman–Crippen LogP) is 5.06. The molecule has 5 nitrogen and oxygen atoms in total. The van der Waals surface area contributed by atoms with Crippen LogP contribution in [0, 0.1) is 12.3 Å². The molecule has 0 saturated carbocycles. The minimum atomic E-state index is -3.83. The molecule has 0 radical (unpaired) electrons. The molecule has 1 aromatic heterocycles. The van der Waals surface area contributed by atoms with Crippen LogP contribution in [0.15, 0.2) is 64.4 Å². The first kappa shape index (κ1) is 24.1. The quantitative estimate of drug-likeness (QED) is 0.527. The number of alkyl halides is 2. The summed E-state index contributed by atoms with van der Waals surface area (Å²) in [6.45, 7) is 4.37. The molecule has 0 spiro atoms. The number of fused-ring (bicyclic) bond motifs is 1. The molecule has 0 amide bonds. The fraction of sp³-hybridized carbons (Fsp3) is 0.346. The van der Waals surface area contributed by atoms with E-state index < -0.39 is 33.6 Å². The van der Waals surface area contributed by atoms with Crippen molar-refractivity contribution in [1.82, 2.24) is 4.57 Å². The smallest absolute Gasteiger partial charge is 0.323 e. The molecule has 0 saturated heterocycles. The van der Waals surface area contributed by atoms with Gasteiger partial charge in [-0.2, -0.15) is 0 Å². The van der Waals surface area contributed by atoms with Gasteiger partial charge >= 0.3 is 5.97 Å². The highest BCUT2D eigenvalue weighted by atomic mass is 32.2. The third-order valence-electron chi connectivity index (χ3n) is 6.85. The lowest BCUT2D eigenvalue weighted by atomic mass is 9.72. The maximum Gasteiger partial charge on any atom is 0.323 e. The number of aliphatic carboxylic acids is 1. The molecule has 180 valence electrons. The topological polar surface area (TPSA) is 76.4 Å². The molecule has 3 aromatic rings. The van der Waals surface area contributed by atoms with E-state index in [-0.39, 0.29) is 29.2 Å². The molecular weight excluding hydrogens is 460 g/mol. The third-order valence-corrected chi connectivity index (χ3v) is 8.72. The van der Waals surface area contributed by atoms with Crippen LogP contribution in [0.3, 0.4) is 0 Å². The van der Waals surface area contributed by atoms with Crippen molar-refractivity contribution in [3.05, 3.63) is 82.7 Å². The lowest BCUT2D eigenvalue weighted by Gasteiger charge is -2.39. The molecule has 1 heterocycles. The third kappa shape index (κ3) is 4.04. The molecule has 0 bridgehead atoms. The molecule has 1 aliphatic carbocycles. The highest BCUT2D eigenvalue weighted by Gasteiger charge is 2.51. The Morgan fingerprint density at radius 2 is 1.65 bits per heavy atom. The number of aromatic nitrogens is 1. The van der Waals surface area contributed by atoms with Gasteiger partial charge in [-0.15, -0.1) is 0 Å². The van der Waals surface area contributed by atoms with Gasteiger partial charge < -0.3 is 9.67 Å². The SMILES string of the molecule is Cc1c(Cc2ccccc2S(=O)(=O)c2ccccc2)c2c(n1CC(=O)O)CC(C)(C)C(F)(F)C2. The van der Waals surface area contributed by atoms with E-state index in [4.69, 9.17) is 0 Å². The summed E-state index contributed by atoms with van der Waals surface area (Å²) in [6, 6.07) is 14.6. The maximum absolute atomic E-state index is 15.1. The molecule has 0 unspecified atom stereocenters. The van der Waals surface area contributed by atoms with Gasteiger partial charge in [0.1, 0.15) is 6.54 Å². The number of halogens is 2. The van der Waals surface area contributed by atoms with Crippen LogP contribution >= 0.6 is 0 Å². The first-order chi connectivity index (χ1) is 15.8. The van der Waals surface area contributed by atoms with Crippen molar-refractivity contribution in [2.45, 2.75) is 62.3 Å². The predicted molar refractivity (Wildman–Crippen MR) is 124 cm³/mol. The van der Waals surface area contributed by atoms with Gasteiger partial charge in [-0.25, -0.2) is 17.2 Å². The number of hydrogen-bond acceptors (Lipinski definition) is 3. The summed E-state index contributed by atoms with van der Waals surface area (Å²) >= 11 is 0. The number of carboxylic acids is 1. The molecule has 0 fully saturated rings. The molecule has 1 N–H and O–H groups in total. The van der Waals surface area contributed by atoms with E-state index in [0.717, 1.165) is 0 Å². The summed E-state index contributed by atoms with van der Waals surface area (Å²) in [6.07, 6.45) is -0.362. The summed E-state index contributed by atoms with van der Waals surface area (Å²) in [7, 11) is -3.83. The van der Waals surface area contributed by atoms with Crippen molar-refractivity contribution < 1.29 is 27.1 Å². The van der Waals surface area contributed by atoms with Crippen LogP contribution in [-0.2, 0) is 40.4 Å². The summed E-state index contributed by atoms with van der Waals surface area (Å²) in [5.74, 6) is -4.04. The van der Waals surface area contributed by atoms with Crippen molar-refractivity contribution in [2.75, 3.05) is 0 Å². The Hall–Kier alpha value is -3.00. The summed E-state index contributed by atoms with van der Waals surface area (Å²) in [4.78, 5) is 11.8. The maximum atomic E-state index is 15.1. The van der Waals surface area contributed by atoms with Gasteiger partial charge in [0, 0.05) is 29.6 Å². The van der Waals surface area contributed by atoms with Crippen LogP contribution in [0.5, 0.6) is 0 Å². The normalized spacial score (nSPS) is 16.7. The lowest BCUT2D eigenvalue weighted by Crippen LogP contribution is -2.44. The van der Waals surface area contributed by atoms with Crippen LogP contribution in [0.1, 0.15) is 41.9 Å². The molecule has 2 aromatic carbocycles. The van der Waals surface area contributed by atoms with Gasteiger partial charge in [0.15, 0.2) is 0 Å². The van der Waals surface area contributed by atoms with E-state index in [1.165, 1.54) is 32.0 Å². The highest BCUT2D eigenvalue weighted by molar-refractivity contribution is 7.91. The molecule has 0 aliphatic heterocycles. The van der Waals surface area contributed by atoms with Gasteiger partial charge in [0.25, 0.3) is 5.92 Å². The van der Waals surface area contributed by atoms with Crippen LogP contribution in [-0.4, -0.2) is 30.0 Å². The second-order valence-electron chi connectivity index (χ2n) is 9.51. The van der Waals surface area contributed by atoms with Gasteiger partial charge in [0.2, 0.25) is 9.84 Å². The zero-order valence-electron chi connectivity index (χ0n) is 19.3. The van der Waals surface area contributed by atoms with Gasteiger partial charge in [-0.1, -0.05) is 50.2 Å². The largest absolute Gasteiger partial charge is 0.480 e. The van der Waals surface area contributed by atoms with E-state index in [2.05, 4.69) is 0 Å². The number of rotatable bonds is 6. The zero-order valence-corrected chi connectivity index (χ0v) is 20.1. The molecule has 1 aliphatic rings. The van der Waals surface area contributed by atoms with Crippen LogP contribution in [0.2, 0.25) is 0 Å². The molecule has 8 heteroatoms. The average molecular weight is 488 g/mol. The average Bonchev–Trinajstić information content (AvgIpc) is 2.98. The number of sulfone groups is 1. The summed E-state index contributed by atoms with van der Waals surface area (Å²) in [5, 5.41) is 9.45. The Bertz CT molecular complexity index is 1360. The number of nitrogens with zero attached hydrogens (tertiary/aromatic N) is 1. The minimum Gasteiger partial charge on any atom is -0.480 e. The van der Waals surface area contributed by atoms with Crippen LogP contribution in [0.4, 0.5) is 8.78 Å². The Labute approximate surface area is 198 Å². The summed E-state index contributed by atoms with van der Waals surface area (Å²) in [5.41, 5.74) is 1.32. The number of benzene rings is 2. The van der Waals surface area contributed by atoms with Gasteiger partial charge in [0.05, 0.1) is 9.79 Å². The van der Waals surface area contributed by atoms with E-state index in [0.29, 0.717) is 28.1 Å². The molecule has 0 atom stereocenters. The fourth-order valence-electron chi connectivity index (χ4n) is 4.75. The van der Waals surface area contributed by atoms with Crippen molar-refractivity contribution in [2.24, 2.45) is 5.41 Å². The standard InChI is InChI=1S/C26H27F2NO4S/c1-17-20(21-14-26(27,28)25(2,3)15-22(21)29(17)16-24(30)31)13-18-9-7-8-12-23(18)34(32,33)19-10-5-4-6-11-19/h4-12H,13-16H2,1-3H3,(H,30,31). The first-order valence-electron chi connectivity index (χ1n) is 11.0. The second-order valence-corrected chi connectivity index (χ2v) is 11.4. The van der Waals surface area contributed by atoms with E-state index in [9.17, 15) is 18.3 Å². The highest BCUT2D eigenvalue weighted by Crippen LogP contribution is 2.48. The fourth-order valence-corrected chi connectivity index (χ4v) is 6.27. The van der Waals surface area contributed by atoms with E-state index in [1.807, 2.05) is 0 Å². The lowest BCUT2D eigenvalue weighted by molar-refractivity contribution is -0.137. The Morgan fingerprint density at radius 1 is 1.03 bits per heavy atom. The number of hydrogen-bond donors (Lipinski definition) is 1. The number of carboxylic acid groups (broad SMARTS) is 1. The van der Waals surface area contributed by atoms with Crippen LogP contribution in [0.25, 0.3) is 0 Å². The Morgan fingerprint density at radius 3 is 2.29 bits per heavy atom. The molecular formula is C26H27F2NO4S. The van der Waals surface area contributed by atoms with Gasteiger partial charge in [-0.05, 0) is 48.2 Å². The van der Waals surface area contributed by atoms with E-state index >= 15 is 8.78 Å². The summed E-state index contributed by atoms with van der Waals surface area (Å²) < 4.78 is 58.4. The van der Waals surface area contributed by atoms with Crippen molar-refractivity contribution in [1.29, 1.82) is 0 Å². The molecule has 34 heavy (non-hydrogen) atoms. The minimum absolute atomic E-state index is 0.0351. The first-order valence-corrected chi connectivity index (χ1v) is 12.5. The van der Waals surface area contributed by atoms with E-state index in [1.54, 1.807) is 47.9 Å². The Balaban J connectivity index is 1.86. The van der Waals surface area contributed by atoms with Crippen molar-refractivity contribution >= 4 is 15.8 Å². The molecule has 4 rings (SSSR count). The van der Waals surface area contributed by atoms with Crippen LogP contribution < -0.4 is 0 Å². The van der Waals surface area contributed by atoms with Crippen molar-refractivity contribution in [3.63, 3.8) is 0 Å². The monoisotopic (exact) mass is 487 g/mol. The van der Waals surface area contributed by atoms with Crippen molar-refractivity contribution in [3.8, 4) is 0 Å². The Kier molecular flexibility index (Phi) is 5.92.